The van der Waals surface area contributed by atoms with Crippen molar-refractivity contribution in [2.24, 2.45) is 0 Å². The molecule has 1 unspecified atom stereocenters. The lowest BCUT2D eigenvalue weighted by molar-refractivity contribution is -0.131. The highest BCUT2D eigenvalue weighted by Gasteiger charge is 2.23. The Balaban J connectivity index is 1.43. The van der Waals surface area contributed by atoms with Crippen molar-refractivity contribution >= 4 is 40.0 Å². The number of carbonyl (C=O) groups excluding carboxylic acids is 1. The van der Waals surface area contributed by atoms with Gasteiger partial charge in [0.2, 0.25) is 5.91 Å². The van der Waals surface area contributed by atoms with Gasteiger partial charge in [-0.2, -0.15) is 11.8 Å². The van der Waals surface area contributed by atoms with Crippen LogP contribution in [0.5, 0.6) is 0 Å². The van der Waals surface area contributed by atoms with E-state index in [1.807, 2.05) is 56.8 Å². The summed E-state index contributed by atoms with van der Waals surface area (Å²) in [5, 5.41) is 2.66. The van der Waals surface area contributed by atoms with Gasteiger partial charge in [0.15, 0.2) is 0 Å². The molecule has 1 aliphatic heterocycles. The number of nitrogens with zero attached hydrogens (tertiary/aromatic N) is 3. The number of thiophene rings is 1. The molecule has 3 heterocycles. The molecule has 0 saturated carbocycles. The van der Waals surface area contributed by atoms with E-state index in [2.05, 4.69) is 22.5 Å². The third-order valence-corrected chi connectivity index (χ3v) is 6.83. The number of hydrogen-bond donors (Lipinski definition) is 0. The Morgan fingerprint density at radius 2 is 2.12 bits per heavy atom. The van der Waals surface area contributed by atoms with Crippen LogP contribution >= 0.6 is 23.1 Å². The van der Waals surface area contributed by atoms with Crippen molar-refractivity contribution in [2.75, 3.05) is 18.8 Å². The van der Waals surface area contributed by atoms with Gasteiger partial charge in [0.25, 0.3) is 0 Å². The Kier molecular flexibility index (Phi) is 4.58. The predicted molar refractivity (Wildman–Crippen MR) is 100 cm³/mol. The van der Waals surface area contributed by atoms with Gasteiger partial charge in [-0.25, -0.2) is 4.98 Å². The number of carbonyl (C=O) groups is 1. The van der Waals surface area contributed by atoms with Crippen molar-refractivity contribution in [1.29, 1.82) is 0 Å². The second-order valence-electron chi connectivity index (χ2n) is 5.91. The second-order valence-corrected chi connectivity index (χ2v) is 8.20. The first kappa shape index (κ1) is 15.7. The van der Waals surface area contributed by atoms with E-state index in [0.717, 1.165) is 36.3 Å². The molecule has 4 rings (SSSR count). The van der Waals surface area contributed by atoms with Crippen LogP contribution in [0.25, 0.3) is 11.0 Å². The zero-order chi connectivity index (χ0) is 16.4. The molecular weight excluding hydrogens is 338 g/mol. The van der Waals surface area contributed by atoms with Gasteiger partial charge >= 0.3 is 0 Å². The minimum Gasteiger partial charge on any atom is -0.340 e. The summed E-state index contributed by atoms with van der Waals surface area (Å²) in [6.45, 7) is 2.04. The van der Waals surface area contributed by atoms with Crippen LogP contribution in [-0.2, 0) is 11.3 Å². The fourth-order valence-corrected chi connectivity index (χ4v) is 5.34. The first-order chi connectivity index (χ1) is 11.8. The molecule has 0 aliphatic carbocycles. The summed E-state index contributed by atoms with van der Waals surface area (Å²) in [6, 6.07) is 12.3. The average molecular weight is 358 g/mol. The molecule has 0 spiro atoms. The molecule has 0 bridgehead atoms. The SMILES string of the molecule is O=C(Cn1cnc2ccccc21)N1CCSC(c2cccs2)CC1. The maximum Gasteiger partial charge on any atom is 0.242 e. The molecule has 0 N–H and O–H groups in total. The lowest BCUT2D eigenvalue weighted by atomic mass is 10.2. The fourth-order valence-electron chi connectivity index (χ4n) is 3.10. The molecular formula is C18H19N3OS2. The molecule has 3 aromatic rings. The van der Waals surface area contributed by atoms with Crippen molar-refractivity contribution in [3.05, 3.63) is 53.0 Å². The summed E-state index contributed by atoms with van der Waals surface area (Å²) in [5.41, 5.74) is 1.96. The van der Waals surface area contributed by atoms with Crippen molar-refractivity contribution in [1.82, 2.24) is 14.5 Å². The highest BCUT2D eigenvalue weighted by molar-refractivity contribution is 7.99. The van der Waals surface area contributed by atoms with Crippen LogP contribution in [-0.4, -0.2) is 39.2 Å². The minimum atomic E-state index is 0.186. The Morgan fingerprint density at radius 3 is 3.00 bits per heavy atom. The van der Waals surface area contributed by atoms with E-state index in [1.165, 1.54) is 4.88 Å². The molecule has 2 aromatic heterocycles. The largest absolute Gasteiger partial charge is 0.340 e. The maximum absolute atomic E-state index is 12.7. The Hall–Kier alpha value is -1.79. The van der Waals surface area contributed by atoms with E-state index < -0.39 is 0 Å². The topological polar surface area (TPSA) is 38.1 Å². The lowest BCUT2D eigenvalue weighted by Gasteiger charge is -2.20. The maximum atomic E-state index is 12.7. The van der Waals surface area contributed by atoms with Crippen molar-refractivity contribution in [2.45, 2.75) is 18.2 Å². The number of rotatable bonds is 3. The zero-order valence-corrected chi connectivity index (χ0v) is 14.9. The molecule has 124 valence electrons. The van der Waals surface area contributed by atoms with Gasteiger partial charge < -0.3 is 9.47 Å². The van der Waals surface area contributed by atoms with Crippen LogP contribution in [0, 0.1) is 0 Å². The number of amides is 1. The minimum absolute atomic E-state index is 0.186. The molecule has 1 amide bonds. The molecule has 0 radical (unpaired) electrons. The predicted octanol–water partition coefficient (Wildman–Crippen LogP) is 3.80. The number of aromatic nitrogens is 2. The number of imidazole rings is 1. The number of hydrogen-bond acceptors (Lipinski definition) is 4. The van der Waals surface area contributed by atoms with Gasteiger partial charge in [-0.05, 0) is 30.0 Å². The van der Waals surface area contributed by atoms with Crippen LogP contribution in [0.4, 0.5) is 0 Å². The molecule has 24 heavy (non-hydrogen) atoms. The van der Waals surface area contributed by atoms with Crippen molar-refractivity contribution in [3.63, 3.8) is 0 Å². The molecule has 1 atom stereocenters. The van der Waals surface area contributed by atoms with E-state index in [0.29, 0.717) is 11.8 Å². The standard InChI is InChI=1S/C18H19N3OS2/c22-18(12-21-13-19-14-4-1-2-5-15(14)21)20-8-7-17(24-11-9-20)16-6-3-10-23-16/h1-6,10,13,17H,7-9,11-12H2. The summed E-state index contributed by atoms with van der Waals surface area (Å²) in [7, 11) is 0. The van der Waals surface area contributed by atoms with Crippen LogP contribution in [0.2, 0.25) is 0 Å². The van der Waals surface area contributed by atoms with E-state index in [4.69, 9.17) is 0 Å². The fraction of sp³-hybridized carbons (Fsp3) is 0.333. The van der Waals surface area contributed by atoms with Gasteiger partial charge in [0.05, 0.1) is 17.4 Å². The smallest absolute Gasteiger partial charge is 0.242 e. The molecule has 4 nitrogen and oxygen atoms in total. The number of thioether (sulfide) groups is 1. The number of benzene rings is 1. The van der Waals surface area contributed by atoms with Gasteiger partial charge in [-0.15, -0.1) is 11.3 Å². The first-order valence-corrected chi connectivity index (χ1v) is 10.1. The van der Waals surface area contributed by atoms with Gasteiger partial charge in [0.1, 0.15) is 6.54 Å². The van der Waals surface area contributed by atoms with Gasteiger partial charge in [-0.3, -0.25) is 4.79 Å². The molecule has 1 saturated heterocycles. The third-order valence-electron chi connectivity index (χ3n) is 4.39. The van der Waals surface area contributed by atoms with Crippen LogP contribution in [0.1, 0.15) is 16.5 Å². The quantitative estimate of drug-likeness (QED) is 0.715. The summed E-state index contributed by atoms with van der Waals surface area (Å²) in [5.74, 6) is 1.18. The van der Waals surface area contributed by atoms with Crippen molar-refractivity contribution < 1.29 is 4.79 Å². The van der Waals surface area contributed by atoms with E-state index in [-0.39, 0.29) is 5.91 Å². The van der Waals surface area contributed by atoms with Crippen LogP contribution < -0.4 is 0 Å². The monoisotopic (exact) mass is 357 g/mol. The van der Waals surface area contributed by atoms with E-state index >= 15 is 0 Å². The van der Waals surface area contributed by atoms with E-state index in [1.54, 1.807) is 6.33 Å². The summed E-state index contributed by atoms with van der Waals surface area (Å²) in [4.78, 5) is 20.5. The molecule has 1 aliphatic rings. The molecule has 1 fully saturated rings. The van der Waals surface area contributed by atoms with Crippen molar-refractivity contribution in [3.8, 4) is 0 Å². The number of para-hydroxylation sites is 2. The lowest BCUT2D eigenvalue weighted by Crippen LogP contribution is -2.35. The Labute approximate surface area is 149 Å². The van der Waals surface area contributed by atoms with E-state index in [9.17, 15) is 4.79 Å². The zero-order valence-electron chi connectivity index (χ0n) is 13.3. The number of fused-ring (bicyclic) bond motifs is 1. The van der Waals surface area contributed by atoms with Gasteiger partial charge in [-0.1, -0.05) is 18.2 Å². The highest BCUT2D eigenvalue weighted by atomic mass is 32.2. The van der Waals surface area contributed by atoms with Crippen LogP contribution in [0.15, 0.2) is 48.1 Å². The molecule has 1 aromatic carbocycles. The van der Waals surface area contributed by atoms with Gasteiger partial charge in [0, 0.05) is 29.0 Å². The third kappa shape index (κ3) is 3.21. The second kappa shape index (κ2) is 6.99. The Bertz CT molecular complexity index is 828. The summed E-state index contributed by atoms with van der Waals surface area (Å²) >= 11 is 3.79. The summed E-state index contributed by atoms with van der Waals surface area (Å²) in [6.07, 6.45) is 2.80. The molecule has 6 heteroatoms. The average Bonchev–Trinajstić information content (AvgIpc) is 3.20. The summed E-state index contributed by atoms with van der Waals surface area (Å²) < 4.78 is 1.95. The Morgan fingerprint density at radius 1 is 1.21 bits per heavy atom. The highest BCUT2D eigenvalue weighted by Crippen LogP contribution is 2.36. The first-order valence-electron chi connectivity index (χ1n) is 8.14. The normalized spacial score (nSPS) is 18.7. The van der Waals surface area contributed by atoms with Crippen LogP contribution in [0.3, 0.4) is 0 Å².